The Morgan fingerprint density at radius 2 is 2.22 bits per heavy atom. The van der Waals surface area contributed by atoms with E-state index >= 15 is 0 Å². The minimum atomic E-state index is -0.369. The number of anilines is 1. The molecule has 1 aliphatic heterocycles. The Hall–Kier alpha value is -1.14. The van der Waals surface area contributed by atoms with E-state index in [2.05, 4.69) is 14.6 Å². The third-order valence-electron chi connectivity index (χ3n) is 3.17. The van der Waals surface area contributed by atoms with E-state index in [4.69, 9.17) is 4.74 Å². The van der Waals surface area contributed by atoms with E-state index < -0.39 is 0 Å². The van der Waals surface area contributed by atoms with Crippen LogP contribution in [0, 0.1) is 5.92 Å². The number of aromatic nitrogens is 1. The zero-order chi connectivity index (χ0) is 13.0. The van der Waals surface area contributed by atoms with Crippen molar-refractivity contribution in [1.29, 1.82) is 0 Å². The molecule has 5 nitrogen and oxygen atoms in total. The molecule has 0 aromatic carbocycles. The Morgan fingerprint density at radius 3 is 2.83 bits per heavy atom. The van der Waals surface area contributed by atoms with Gasteiger partial charge in [-0.2, -0.15) is 0 Å². The lowest BCUT2D eigenvalue weighted by atomic mass is 9.98. The number of thiazole rings is 1. The van der Waals surface area contributed by atoms with Crippen LogP contribution in [-0.4, -0.2) is 44.9 Å². The zero-order valence-corrected chi connectivity index (χ0v) is 11.5. The lowest BCUT2D eigenvalue weighted by Crippen LogP contribution is -2.34. The summed E-state index contributed by atoms with van der Waals surface area (Å²) in [6, 6.07) is 0. The van der Waals surface area contributed by atoms with Crippen LogP contribution >= 0.6 is 11.3 Å². The van der Waals surface area contributed by atoms with E-state index in [1.807, 2.05) is 0 Å². The number of hydrogen-bond donors (Lipinski definition) is 0. The van der Waals surface area contributed by atoms with E-state index in [9.17, 15) is 4.79 Å². The standard InChI is InChI=1S/C12H18N2O3S/c1-16-7-9-3-5-14(6-4-9)12-13-10(8-18-12)11(15)17-2/h8-9H,3-7H2,1-2H3. The molecule has 1 aliphatic rings. The van der Waals surface area contributed by atoms with Crippen LogP contribution in [0.3, 0.4) is 0 Å². The highest BCUT2D eigenvalue weighted by Gasteiger charge is 2.22. The van der Waals surface area contributed by atoms with Crippen LogP contribution in [0.1, 0.15) is 23.3 Å². The molecule has 0 radical (unpaired) electrons. The van der Waals surface area contributed by atoms with E-state index in [0.717, 1.165) is 37.7 Å². The minimum Gasteiger partial charge on any atom is -0.464 e. The summed E-state index contributed by atoms with van der Waals surface area (Å²) < 4.78 is 9.84. The van der Waals surface area contributed by atoms with Crippen LogP contribution in [0.4, 0.5) is 5.13 Å². The van der Waals surface area contributed by atoms with Gasteiger partial charge in [0, 0.05) is 32.2 Å². The number of ether oxygens (including phenoxy) is 2. The quantitative estimate of drug-likeness (QED) is 0.781. The summed E-state index contributed by atoms with van der Waals surface area (Å²) >= 11 is 1.50. The average molecular weight is 270 g/mol. The summed E-state index contributed by atoms with van der Waals surface area (Å²) in [5.41, 5.74) is 0.400. The lowest BCUT2D eigenvalue weighted by molar-refractivity contribution is 0.0595. The highest BCUT2D eigenvalue weighted by molar-refractivity contribution is 7.13. The predicted molar refractivity (Wildman–Crippen MR) is 70.3 cm³/mol. The average Bonchev–Trinajstić information content (AvgIpc) is 2.89. The number of rotatable bonds is 4. The van der Waals surface area contributed by atoms with Crippen LogP contribution in [0.5, 0.6) is 0 Å². The van der Waals surface area contributed by atoms with Crippen molar-refractivity contribution in [3.63, 3.8) is 0 Å². The maximum atomic E-state index is 11.3. The van der Waals surface area contributed by atoms with Crippen molar-refractivity contribution in [2.24, 2.45) is 5.92 Å². The molecular formula is C12H18N2O3S. The van der Waals surface area contributed by atoms with Crippen molar-refractivity contribution in [1.82, 2.24) is 4.98 Å². The molecule has 0 atom stereocenters. The molecule has 1 aromatic heterocycles. The van der Waals surface area contributed by atoms with Gasteiger partial charge in [0.2, 0.25) is 0 Å². The summed E-state index contributed by atoms with van der Waals surface area (Å²) in [6.45, 7) is 2.78. The maximum absolute atomic E-state index is 11.3. The van der Waals surface area contributed by atoms with Gasteiger partial charge in [0.15, 0.2) is 10.8 Å². The van der Waals surface area contributed by atoms with Gasteiger partial charge >= 0.3 is 5.97 Å². The first-order valence-corrected chi connectivity index (χ1v) is 6.90. The fourth-order valence-corrected chi connectivity index (χ4v) is 2.98. The highest BCUT2D eigenvalue weighted by atomic mass is 32.1. The molecule has 1 aromatic rings. The lowest BCUT2D eigenvalue weighted by Gasteiger charge is -2.31. The fraction of sp³-hybridized carbons (Fsp3) is 0.667. The largest absolute Gasteiger partial charge is 0.464 e. The van der Waals surface area contributed by atoms with Gasteiger partial charge in [-0.1, -0.05) is 0 Å². The van der Waals surface area contributed by atoms with Crippen molar-refractivity contribution in [3.8, 4) is 0 Å². The molecule has 2 rings (SSSR count). The second-order valence-electron chi connectivity index (χ2n) is 4.39. The number of carbonyl (C=O) groups is 1. The molecule has 6 heteroatoms. The molecule has 1 saturated heterocycles. The fourth-order valence-electron chi connectivity index (χ4n) is 2.13. The van der Waals surface area contributed by atoms with Gasteiger partial charge in [-0.15, -0.1) is 11.3 Å². The second kappa shape index (κ2) is 6.15. The van der Waals surface area contributed by atoms with E-state index in [1.54, 1.807) is 12.5 Å². The van der Waals surface area contributed by atoms with Crippen molar-refractivity contribution < 1.29 is 14.3 Å². The highest BCUT2D eigenvalue weighted by Crippen LogP contribution is 2.26. The van der Waals surface area contributed by atoms with Crippen LogP contribution < -0.4 is 4.90 Å². The monoisotopic (exact) mass is 270 g/mol. The first-order valence-electron chi connectivity index (χ1n) is 6.02. The summed E-state index contributed by atoms with van der Waals surface area (Å²) in [7, 11) is 3.12. The SMILES string of the molecule is COCC1CCN(c2nc(C(=O)OC)cs2)CC1. The van der Waals surface area contributed by atoms with Crippen LogP contribution in [-0.2, 0) is 9.47 Å². The predicted octanol–water partition coefficient (Wildman–Crippen LogP) is 1.79. The summed E-state index contributed by atoms with van der Waals surface area (Å²) in [6.07, 6.45) is 2.22. The zero-order valence-electron chi connectivity index (χ0n) is 10.7. The van der Waals surface area contributed by atoms with Crippen molar-refractivity contribution in [2.45, 2.75) is 12.8 Å². The van der Waals surface area contributed by atoms with Gasteiger partial charge in [-0.3, -0.25) is 0 Å². The first-order chi connectivity index (χ1) is 8.74. The number of esters is 1. The molecule has 0 spiro atoms. The Balaban J connectivity index is 1.93. The second-order valence-corrected chi connectivity index (χ2v) is 5.23. The van der Waals surface area contributed by atoms with Crippen LogP contribution in [0.2, 0.25) is 0 Å². The number of piperidine rings is 1. The molecule has 0 aliphatic carbocycles. The van der Waals surface area contributed by atoms with E-state index in [1.165, 1.54) is 18.4 Å². The van der Waals surface area contributed by atoms with Crippen molar-refractivity contribution in [2.75, 3.05) is 38.8 Å². The Kier molecular flexibility index (Phi) is 4.54. The van der Waals surface area contributed by atoms with E-state index in [-0.39, 0.29) is 5.97 Å². The minimum absolute atomic E-state index is 0.369. The van der Waals surface area contributed by atoms with Crippen molar-refractivity contribution in [3.05, 3.63) is 11.1 Å². The van der Waals surface area contributed by atoms with Crippen LogP contribution in [0.15, 0.2) is 5.38 Å². The van der Waals surface area contributed by atoms with Gasteiger partial charge in [0.05, 0.1) is 7.11 Å². The molecular weight excluding hydrogens is 252 g/mol. The van der Waals surface area contributed by atoms with Gasteiger partial charge < -0.3 is 14.4 Å². The Bertz CT molecular complexity index is 400. The topological polar surface area (TPSA) is 51.7 Å². The van der Waals surface area contributed by atoms with Gasteiger partial charge in [0.25, 0.3) is 0 Å². The number of hydrogen-bond acceptors (Lipinski definition) is 6. The van der Waals surface area contributed by atoms with E-state index in [0.29, 0.717) is 11.6 Å². The first kappa shape index (κ1) is 13.3. The molecule has 2 heterocycles. The van der Waals surface area contributed by atoms with Crippen molar-refractivity contribution >= 4 is 22.4 Å². The Morgan fingerprint density at radius 1 is 1.50 bits per heavy atom. The van der Waals surface area contributed by atoms with Crippen LogP contribution in [0.25, 0.3) is 0 Å². The number of methoxy groups -OCH3 is 2. The molecule has 100 valence electrons. The third-order valence-corrected chi connectivity index (χ3v) is 4.08. The summed E-state index contributed by atoms with van der Waals surface area (Å²) in [5, 5.41) is 2.66. The molecule has 0 amide bonds. The van der Waals surface area contributed by atoms with Gasteiger partial charge in [-0.25, -0.2) is 9.78 Å². The van der Waals surface area contributed by atoms with Gasteiger partial charge in [0.1, 0.15) is 0 Å². The molecule has 1 fully saturated rings. The molecule has 0 unspecified atom stereocenters. The maximum Gasteiger partial charge on any atom is 0.357 e. The summed E-state index contributed by atoms with van der Waals surface area (Å²) in [4.78, 5) is 17.9. The normalized spacial score (nSPS) is 16.9. The van der Waals surface area contributed by atoms with Gasteiger partial charge in [-0.05, 0) is 18.8 Å². The molecule has 18 heavy (non-hydrogen) atoms. The summed E-state index contributed by atoms with van der Waals surface area (Å²) in [5.74, 6) is 0.276. The Labute approximate surface area is 111 Å². The molecule has 0 N–H and O–H groups in total. The molecule has 0 saturated carbocycles. The number of carbonyl (C=O) groups excluding carboxylic acids is 1. The molecule has 0 bridgehead atoms. The smallest absolute Gasteiger partial charge is 0.357 e. The third kappa shape index (κ3) is 3.00. The number of nitrogens with zero attached hydrogens (tertiary/aromatic N) is 2.